The van der Waals surface area contributed by atoms with Crippen molar-refractivity contribution in [1.29, 1.82) is 0 Å². The number of hydrogen-bond donors (Lipinski definition) is 2. The summed E-state index contributed by atoms with van der Waals surface area (Å²) in [5.74, 6) is 1.18. The maximum atomic E-state index is 10.6. The summed E-state index contributed by atoms with van der Waals surface area (Å²) in [4.78, 5) is 21.1. The second-order valence-corrected chi connectivity index (χ2v) is 4.97. The minimum Gasteiger partial charge on any atom is -0.321 e. The van der Waals surface area contributed by atoms with Crippen LogP contribution >= 0.6 is 11.8 Å². The summed E-state index contributed by atoms with van der Waals surface area (Å²) in [5, 5.41) is 8.17. The molecule has 0 aromatic rings. The first-order valence-electron chi connectivity index (χ1n) is 4.17. The molecule has 0 aliphatic heterocycles. The van der Waals surface area contributed by atoms with Gasteiger partial charge in [0.05, 0.1) is 4.65 Å². The van der Waals surface area contributed by atoms with E-state index >= 15 is 0 Å². The van der Waals surface area contributed by atoms with Crippen molar-refractivity contribution >= 4 is 38.6 Å². The molecule has 0 heterocycles. The van der Waals surface area contributed by atoms with E-state index in [4.69, 9.17) is 5.21 Å². The Morgan fingerprint density at radius 3 is 2.62 bits per heavy atom. The predicted molar refractivity (Wildman–Crippen MR) is 54.7 cm³/mol. The van der Waals surface area contributed by atoms with Gasteiger partial charge in [-0.25, -0.2) is 5.48 Å². The molecule has 0 unspecified atom stereocenters. The standard InChI is InChI=1S/C7H12NO3S.Al.2H/c9-4-6-12-5-2-1-3-7(10)8-11;;;/h11H,1-3,5-6H2,(H,8,10);;;. The van der Waals surface area contributed by atoms with Crippen molar-refractivity contribution in [1.82, 2.24) is 5.48 Å². The third-order valence-corrected chi connectivity index (χ3v) is 3.43. The van der Waals surface area contributed by atoms with Gasteiger partial charge in [-0.2, -0.15) is 11.8 Å². The molecule has 0 aromatic heterocycles. The van der Waals surface area contributed by atoms with Gasteiger partial charge < -0.3 is 4.79 Å². The Morgan fingerprint density at radius 1 is 1.38 bits per heavy atom. The van der Waals surface area contributed by atoms with E-state index in [1.807, 2.05) is 0 Å². The molecule has 0 radical (unpaired) electrons. The van der Waals surface area contributed by atoms with Crippen LogP contribution in [0.4, 0.5) is 0 Å². The molecule has 0 aromatic carbocycles. The lowest BCUT2D eigenvalue weighted by Gasteiger charge is -1.99. The highest BCUT2D eigenvalue weighted by molar-refractivity contribution is 8.00. The summed E-state index contributed by atoms with van der Waals surface area (Å²) in [7, 11) is 0. The van der Waals surface area contributed by atoms with Gasteiger partial charge in [0, 0.05) is 12.2 Å². The topological polar surface area (TPSA) is 66.4 Å². The van der Waals surface area contributed by atoms with E-state index in [-0.39, 0.29) is 5.91 Å². The molecule has 6 heteroatoms. The molecule has 0 aliphatic carbocycles. The van der Waals surface area contributed by atoms with Crippen LogP contribution in [0, 0.1) is 0 Å². The Labute approximate surface area is 89.8 Å². The van der Waals surface area contributed by atoms with Crippen molar-refractivity contribution in [2.75, 3.05) is 11.5 Å². The van der Waals surface area contributed by atoms with Gasteiger partial charge >= 0.3 is 16.3 Å². The molecule has 4 nitrogen and oxygen atoms in total. The largest absolute Gasteiger partial charge is 0.321 e. The van der Waals surface area contributed by atoms with Crippen LogP contribution < -0.4 is 5.48 Å². The molecule has 0 spiro atoms. The zero-order chi connectivity index (χ0) is 10.1. The normalized spacial score (nSPS) is 9.62. The number of thioether (sulfide) groups is 1. The fourth-order valence-corrected chi connectivity index (χ4v) is 2.21. The number of carbonyl (C=O) groups is 2. The summed E-state index contributed by atoms with van der Waals surface area (Å²) >= 11 is 2.24. The van der Waals surface area contributed by atoms with Crippen LogP contribution in [0.1, 0.15) is 19.3 Å². The molecule has 13 heavy (non-hydrogen) atoms. The van der Waals surface area contributed by atoms with E-state index in [1.165, 1.54) is 0 Å². The monoisotopic (exact) mass is 219 g/mol. The van der Waals surface area contributed by atoms with Gasteiger partial charge in [0.25, 0.3) is 0 Å². The first-order valence-corrected chi connectivity index (χ1v) is 6.32. The highest BCUT2D eigenvalue weighted by atomic mass is 32.2. The van der Waals surface area contributed by atoms with E-state index in [9.17, 15) is 9.59 Å². The Balaban J connectivity index is 3.08. The van der Waals surface area contributed by atoms with Gasteiger partial charge in [-0.05, 0) is 18.6 Å². The maximum absolute atomic E-state index is 10.6. The highest BCUT2D eigenvalue weighted by Crippen LogP contribution is 2.05. The summed E-state index contributed by atoms with van der Waals surface area (Å²) < 4.78 is 0.318. The number of unbranched alkanes of at least 4 members (excludes halogenated alkanes) is 1. The number of rotatable bonds is 7. The first kappa shape index (κ1) is 13.0. The molecule has 0 aliphatic rings. The summed E-state index contributed by atoms with van der Waals surface area (Å²) in [6.45, 7) is 0. The lowest BCUT2D eigenvalue weighted by atomic mass is 10.2. The number of hydroxylamine groups is 1. The van der Waals surface area contributed by atoms with Crippen molar-refractivity contribution in [3.05, 3.63) is 0 Å². The number of carbonyl (C=O) groups excluding carboxylic acids is 2. The second kappa shape index (κ2) is 8.57. The van der Waals surface area contributed by atoms with Gasteiger partial charge in [-0.3, -0.25) is 10.0 Å². The zero-order valence-corrected chi connectivity index (χ0v) is 10.5. The minimum atomic E-state index is -0.344. The van der Waals surface area contributed by atoms with Crippen LogP contribution in [0.2, 0.25) is 0 Å². The van der Waals surface area contributed by atoms with Crippen molar-refractivity contribution in [2.45, 2.75) is 19.3 Å². The second-order valence-electron chi connectivity index (χ2n) is 2.75. The quantitative estimate of drug-likeness (QED) is 0.263. The molecule has 0 rings (SSSR count). The molecular weight excluding hydrogens is 205 g/mol. The predicted octanol–water partition coefficient (Wildman–Crippen LogP) is -0.445. The fourth-order valence-electron chi connectivity index (χ4n) is 0.761. The molecular formula is C7H14AlNO3S. The molecule has 0 atom stereocenters. The van der Waals surface area contributed by atoms with Crippen LogP contribution in [-0.2, 0) is 9.59 Å². The molecule has 2 N–H and O–H groups in total. The van der Waals surface area contributed by atoms with Gasteiger partial charge in [0.15, 0.2) is 0 Å². The van der Waals surface area contributed by atoms with Gasteiger partial charge in [-0.15, -0.1) is 0 Å². The van der Waals surface area contributed by atoms with Gasteiger partial charge in [0.1, 0.15) is 0 Å². The summed E-state index contributed by atoms with van der Waals surface area (Å²) in [6, 6.07) is 0. The highest BCUT2D eigenvalue weighted by Gasteiger charge is 1.98. The minimum absolute atomic E-state index is 0.318. The number of hydrogen-bond acceptors (Lipinski definition) is 4. The lowest BCUT2D eigenvalue weighted by molar-refractivity contribution is -0.129. The van der Waals surface area contributed by atoms with Crippen molar-refractivity contribution in [2.24, 2.45) is 0 Å². The molecule has 0 bridgehead atoms. The summed E-state index contributed by atoms with van der Waals surface area (Å²) in [5.41, 5.74) is 1.58. The molecule has 74 valence electrons. The molecule has 0 saturated carbocycles. The number of amides is 1. The van der Waals surface area contributed by atoms with E-state index in [0.29, 0.717) is 33.1 Å². The Morgan fingerprint density at radius 2 is 2.08 bits per heavy atom. The maximum Gasteiger partial charge on any atom is 0.320 e. The van der Waals surface area contributed by atoms with Crippen LogP contribution in [0.25, 0.3) is 0 Å². The lowest BCUT2D eigenvalue weighted by Crippen LogP contribution is -2.17. The van der Waals surface area contributed by atoms with Crippen LogP contribution in [0.15, 0.2) is 0 Å². The van der Waals surface area contributed by atoms with Crippen molar-refractivity contribution in [3.63, 3.8) is 0 Å². The van der Waals surface area contributed by atoms with E-state index in [1.54, 1.807) is 17.2 Å². The third-order valence-electron chi connectivity index (χ3n) is 1.37. The number of nitrogens with one attached hydrogen (secondary N) is 1. The Hall–Kier alpha value is -0.0175. The smallest absolute Gasteiger partial charge is 0.320 e. The van der Waals surface area contributed by atoms with E-state index in [0.717, 1.165) is 18.6 Å². The van der Waals surface area contributed by atoms with Crippen LogP contribution in [0.3, 0.4) is 0 Å². The average Bonchev–Trinajstić information content (AvgIpc) is 2.10. The van der Waals surface area contributed by atoms with Crippen molar-refractivity contribution < 1.29 is 14.8 Å². The fraction of sp³-hybridized carbons (Fsp3) is 0.714. The van der Waals surface area contributed by atoms with Crippen LogP contribution in [-0.4, -0.2) is 43.6 Å². The summed E-state index contributed by atoms with van der Waals surface area (Å²) in [6.07, 6.45) is 2.02. The van der Waals surface area contributed by atoms with Crippen molar-refractivity contribution in [3.8, 4) is 0 Å². The van der Waals surface area contributed by atoms with Gasteiger partial charge in [-0.1, -0.05) is 0 Å². The Kier molecular flexibility index (Phi) is 8.56. The molecule has 0 saturated heterocycles. The van der Waals surface area contributed by atoms with Crippen LogP contribution in [0.5, 0.6) is 0 Å². The zero-order valence-electron chi connectivity index (χ0n) is 7.71. The third kappa shape index (κ3) is 9.90. The van der Waals surface area contributed by atoms with Gasteiger partial charge in [0.2, 0.25) is 5.91 Å². The first-order chi connectivity index (χ1) is 6.16. The Bertz CT molecular complexity index is 177. The molecule has 0 fully saturated rings. The average molecular weight is 219 g/mol. The van der Waals surface area contributed by atoms with E-state index in [2.05, 4.69) is 0 Å². The molecule has 1 amide bonds. The SMILES string of the molecule is O=[C]([AlH2])CSCCCCC(=O)NO. The van der Waals surface area contributed by atoms with E-state index < -0.39 is 0 Å².